The molecule has 4 rings (SSSR count). The third-order valence-corrected chi connectivity index (χ3v) is 5.61. The zero-order valence-electron chi connectivity index (χ0n) is 15.6. The minimum atomic E-state index is -0.433. The molecule has 8 heteroatoms. The predicted octanol–water partition coefficient (Wildman–Crippen LogP) is 4.49. The van der Waals surface area contributed by atoms with E-state index in [9.17, 15) is 9.18 Å². The number of carbonyl (C=O) groups is 1. The summed E-state index contributed by atoms with van der Waals surface area (Å²) >= 11 is 6.00. The van der Waals surface area contributed by atoms with E-state index in [1.54, 1.807) is 0 Å². The molecule has 1 amide bonds. The van der Waals surface area contributed by atoms with E-state index in [4.69, 9.17) is 16.0 Å². The molecule has 3 heterocycles. The van der Waals surface area contributed by atoms with Gasteiger partial charge >= 0.3 is 0 Å². The van der Waals surface area contributed by atoms with Crippen LogP contribution in [0.5, 0.6) is 0 Å². The number of anilines is 2. The summed E-state index contributed by atoms with van der Waals surface area (Å²) in [4.78, 5) is 23.4. The second kappa shape index (κ2) is 7.39. The Morgan fingerprint density at radius 2 is 2.04 bits per heavy atom. The molecule has 0 aliphatic carbocycles. The Labute approximate surface area is 166 Å². The average molecular weight is 403 g/mol. The Morgan fingerprint density at radius 1 is 1.29 bits per heavy atom. The van der Waals surface area contributed by atoms with Gasteiger partial charge in [-0.05, 0) is 44.9 Å². The first-order valence-corrected chi connectivity index (χ1v) is 9.53. The van der Waals surface area contributed by atoms with Crippen molar-refractivity contribution in [3.63, 3.8) is 0 Å². The van der Waals surface area contributed by atoms with Crippen LogP contribution < -0.4 is 10.2 Å². The van der Waals surface area contributed by atoms with Gasteiger partial charge < -0.3 is 14.6 Å². The fourth-order valence-corrected chi connectivity index (χ4v) is 3.80. The fraction of sp³-hybridized carbons (Fsp3) is 0.350. The van der Waals surface area contributed by atoms with Crippen LogP contribution in [0.4, 0.5) is 15.9 Å². The van der Waals surface area contributed by atoms with Crippen LogP contribution in [0, 0.1) is 25.6 Å². The van der Waals surface area contributed by atoms with Gasteiger partial charge in [-0.1, -0.05) is 11.6 Å². The molecule has 1 fully saturated rings. The van der Waals surface area contributed by atoms with Crippen molar-refractivity contribution in [2.24, 2.45) is 5.92 Å². The minimum Gasteiger partial charge on any atom is -0.443 e. The van der Waals surface area contributed by atoms with Crippen LogP contribution in [0.3, 0.4) is 0 Å². The lowest BCUT2D eigenvalue weighted by atomic mass is 9.95. The number of aromatic nitrogens is 2. The number of halogens is 2. The summed E-state index contributed by atoms with van der Waals surface area (Å²) in [6.07, 6.45) is 2.88. The van der Waals surface area contributed by atoms with E-state index in [0.717, 1.165) is 22.5 Å². The van der Waals surface area contributed by atoms with Crippen molar-refractivity contribution >= 4 is 40.1 Å². The van der Waals surface area contributed by atoms with E-state index in [2.05, 4.69) is 20.2 Å². The van der Waals surface area contributed by atoms with Gasteiger partial charge in [0, 0.05) is 24.6 Å². The van der Waals surface area contributed by atoms with E-state index >= 15 is 0 Å². The minimum absolute atomic E-state index is 0.101. The van der Waals surface area contributed by atoms with E-state index in [1.165, 1.54) is 24.5 Å². The van der Waals surface area contributed by atoms with Gasteiger partial charge in [-0.15, -0.1) is 0 Å². The Balaban J connectivity index is 1.46. The summed E-state index contributed by atoms with van der Waals surface area (Å²) in [7, 11) is 0. The van der Waals surface area contributed by atoms with Crippen LogP contribution in [-0.2, 0) is 4.79 Å². The standard InChI is InChI=1S/C20H20ClFN4O2/c1-11-12(2)28-20-17(11)18(23-10-24-20)26-7-5-13(6-8-26)19(27)25-16-4-3-14(22)9-15(16)21/h3-4,9-10,13H,5-8H2,1-2H3,(H,25,27). The summed E-state index contributed by atoms with van der Waals surface area (Å²) < 4.78 is 18.9. The number of amides is 1. The van der Waals surface area contributed by atoms with Crippen molar-refractivity contribution in [2.75, 3.05) is 23.3 Å². The number of nitrogens with zero attached hydrogens (tertiary/aromatic N) is 3. The molecule has 0 unspecified atom stereocenters. The van der Waals surface area contributed by atoms with Gasteiger partial charge in [-0.25, -0.2) is 14.4 Å². The molecule has 1 aliphatic rings. The van der Waals surface area contributed by atoms with E-state index < -0.39 is 5.82 Å². The summed E-state index contributed by atoms with van der Waals surface area (Å²) in [6.45, 7) is 5.31. The molecule has 0 atom stereocenters. The molecule has 1 saturated heterocycles. The van der Waals surface area contributed by atoms with E-state index in [-0.39, 0.29) is 16.8 Å². The fourth-order valence-electron chi connectivity index (χ4n) is 3.58. The topological polar surface area (TPSA) is 71.3 Å². The molecule has 0 bridgehead atoms. The van der Waals surface area contributed by atoms with Gasteiger partial charge in [0.05, 0.1) is 16.1 Å². The Bertz CT molecular complexity index is 1040. The maximum Gasteiger partial charge on any atom is 0.231 e. The number of benzene rings is 1. The molecule has 1 aromatic carbocycles. The molecular formula is C20H20ClFN4O2. The number of hydrogen-bond donors (Lipinski definition) is 1. The van der Waals surface area contributed by atoms with Gasteiger partial charge in [0.1, 0.15) is 23.7 Å². The third kappa shape index (κ3) is 3.42. The highest BCUT2D eigenvalue weighted by atomic mass is 35.5. The van der Waals surface area contributed by atoms with Crippen molar-refractivity contribution in [1.29, 1.82) is 0 Å². The number of fused-ring (bicyclic) bond motifs is 1. The smallest absolute Gasteiger partial charge is 0.231 e. The molecule has 6 nitrogen and oxygen atoms in total. The van der Waals surface area contributed by atoms with Gasteiger partial charge in [-0.2, -0.15) is 0 Å². The number of rotatable bonds is 3. The molecule has 2 aromatic heterocycles. The number of nitrogens with one attached hydrogen (secondary N) is 1. The first-order valence-electron chi connectivity index (χ1n) is 9.15. The van der Waals surface area contributed by atoms with Crippen LogP contribution in [-0.4, -0.2) is 29.0 Å². The summed E-state index contributed by atoms with van der Waals surface area (Å²) in [5.74, 6) is 1.01. The van der Waals surface area contributed by atoms with Crippen molar-refractivity contribution in [1.82, 2.24) is 9.97 Å². The largest absolute Gasteiger partial charge is 0.443 e. The van der Waals surface area contributed by atoms with Gasteiger partial charge in [-0.3, -0.25) is 4.79 Å². The third-order valence-electron chi connectivity index (χ3n) is 5.30. The van der Waals surface area contributed by atoms with Gasteiger partial charge in [0.15, 0.2) is 0 Å². The average Bonchev–Trinajstić information content (AvgIpc) is 2.98. The number of piperidine rings is 1. The molecule has 146 valence electrons. The second-order valence-corrected chi connectivity index (χ2v) is 7.44. The molecule has 0 saturated carbocycles. The van der Waals surface area contributed by atoms with Crippen molar-refractivity contribution < 1.29 is 13.6 Å². The summed E-state index contributed by atoms with van der Waals surface area (Å²) in [5, 5.41) is 3.93. The molecule has 28 heavy (non-hydrogen) atoms. The Morgan fingerprint density at radius 3 is 2.75 bits per heavy atom. The number of aryl methyl sites for hydroxylation is 2. The normalized spacial score (nSPS) is 15.2. The maximum atomic E-state index is 13.2. The second-order valence-electron chi connectivity index (χ2n) is 7.04. The highest BCUT2D eigenvalue weighted by Crippen LogP contribution is 2.33. The lowest BCUT2D eigenvalue weighted by Gasteiger charge is -2.32. The van der Waals surface area contributed by atoms with Crippen molar-refractivity contribution in [3.8, 4) is 0 Å². The maximum absolute atomic E-state index is 13.2. The van der Waals surface area contributed by atoms with E-state index in [0.29, 0.717) is 37.3 Å². The Hall–Kier alpha value is -2.67. The lowest BCUT2D eigenvalue weighted by molar-refractivity contribution is -0.120. The van der Waals surface area contributed by atoms with Crippen molar-refractivity contribution in [3.05, 3.63) is 46.7 Å². The summed E-state index contributed by atoms with van der Waals surface area (Å²) in [5.41, 5.74) is 2.06. The lowest BCUT2D eigenvalue weighted by Crippen LogP contribution is -2.38. The zero-order chi connectivity index (χ0) is 19.8. The SMILES string of the molecule is Cc1oc2ncnc(N3CCC(C(=O)Nc4ccc(F)cc4Cl)CC3)c2c1C. The predicted molar refractivity (Wildman–Crippen MR) is 106 cm³/mol. The van der Waals surface area contributed by atoms with Gasteiger partial charge in [0.2, 0.25) is 11.6 Å². The first kappa shape index (κ1) is 18.7. The van der Waals surface area contributed by atoms with Crippen LogP contribution in [0.25, 0.3) is 11.1 Å². The highest BCUT2D eigenvalue weighted by Gasteiger charge is 2.28. The zero-order valence-corrected chi connectivity index (χ0v) is 16.4. The molecule has 0 spiro atoms. The molecular weight excluding hydrogens is 383 g/mol. The van der Waals surface area contributed by atoms with Gasteiger partial charge in [0.25, 0.3) is 0 Å². The highest BCUT2D eigenvalue weighted by molar-refractivity contribution is 6.33. The number of furan rings is 1. The van der Waals surface area contributed by atoms with Crippen LogP contribution in [0.1, 0.15) is 24.2 Å². The Kier molecular flexibility index (Phi) is 4.93. The number of hydrogen-bond acceptors (Lipinski definition) is 5. The quantitative estimate of drug-likeness (QED) is 0.699. The molecule has 1 N–H and O–H groups in total. The van der Waals surface area contributed by atoms with Crippen LogP contribution in [0.15, 0.2) is 28.9 Å². The molecule has 1 aliphatic heterocycles. The first-order chi connectivity index (χ1) is 13.4. The summed E-state index contributed by atoms with van der Waals surface area (Å²) in [6, 6.07) is 3.95. The van der Waals surface area contributed by atoms with Crippen molar-refractivity contribution in [2.45, 2.75) is 26.7 Å². The van der Waals surface area contributed by atoms with E-state index in [1.807, 2.05) is 13.8 Å². The van der Waals surface area contributed by atoms with Crippen LogP contribution in [0.2, 0.25) is 5.02 Å². The van der Waals surface area contributed by atoms with Crippen LogP contribution >= 0.6 is 11.6 Å². The molecule has 3 aromatic rings. The molecule has 0 radical (unpaired) electrons. The number of carbonyl (C=O) groups excluding carboxylic acids is 1. The monoisotopic (exact) mass is 402 g/mol.